The van der Waals surface area contributed by atoms with Gasteiger partial charge in [0, 0.05) is 23.6 Å². The second kappa shape index (κ2) is 5.72. The molecule has 1 heterocycles. The zero-order chi connectivity index (χ0) is 13.9. The lowest BCUT2D eigenvalue weighted by atomic mass is 9.90. The van der Waals surface area contributed by atoms with Crippen LogP contribution < -0.4 is 5.32 Å². The van der Waals surface area contributed by atoms with E-state index in [-0.39, 0.29) is 12.0 Å². The molecule has 2 rings (SSSR count). The van der Waals surface area contributed by atoms with E-state index < -0.39 is 0 Å². The van der Waals surface area contributed by atoms with Crippen LogP contribution in [-0.4, -0.2) is 28.2 Å². The fourth-order valence-corrected chi connectivity index (χ4v) is 2.05. The summed E-state index contributed by atoms with van der Waals surface area (Å²) in [5, 5.41) is 14.0. The van der Waals surface area contributed by atoms with Crippen molar-refractivity contribution in [1.29, 1.82) is 0 Å². The molecular formula is C14H18ClN3O. The number of fused-ring (bicyclic) bond motifs is 1. The second-order valence-corrected chi connectivity index (χ2v) is 5.81. The monoisotopic (exact) mass is 279 g/mol. The van der Waals surface area contributed by atoms with E-state index in [1.54, 1.807) is 0 Å². The SMILES string of the molecule is CC(C)(CCO)CNc1ncnc2cc(Cl)ccc12. The van der Waals surface area contributed by atoms with Gasteiger partial charge in [0.15, 0.2) is 0 Å². The first kappa shape index (κ1) is 14.0. The molecule has 2 aromatic rings. The number of aliphatic hydroxyl groups is 1. The predicted molar refractivity (Wildman–Crippen MR) is 78.5 cm³/mol. The zero-order valence-electron chi connectivity index (χ0n) is 11.2. The molecule has 19 heavy (non-hydrogen) atoms. The van der Waals surface area contributed by atoms with Crippen molar-refractivity contribution in [2.45, 2.75) is 20.3 Å². The van der Waals surface area contributed by atoms with Crippen LogP contribution in [0.3, 0.4) is 0 Å². The maximum Gasteiger partial charge on any atom is 0.137 e. The molecule has 0 fully saturated rings. The number of aliphatic hydroxyl groups excluding tert-OH is 1. The molecule has 0 saturated heterocycles. The molecule has 1 aromatic heterocycles. The Hall–Kier alpha value is -1.39. The smallest absolute Gasteiger partial charge is 0.137 e. The summed E-state index contributed by atoms with van der Waals surface area (Å²) >= 11 is 5.95. The Morgan fingerprint density at radius 1 is 1.32 bits per heavy atom. The lowest BCUT2D eigenvalue weighted by Crippen LogP contribution is -2.24. The fraction of sp³-hybridized carbons (Fsp3) is 0.429. The van der Waals surface area contributed by atoms with Crippen molar-refractivity contribution < 1.29 is 5.11 Å². The van der Waals surface area contributed by atoms with E-state index in [0.717, 1.165) is 29.7 Å². The largest absolute Gasteiger partial charge is 0.396 e. The molecule has 5 heteroatoms. The fourth-order valence-electron chi connectivity index (χ4n) is 1.89. The van der Waals surface area contributed by atoms with Crippen LogP contribution in [0, 0.1) is 5.41 Å². The van der Waals surface area contributed by atoms with Crippen molar-refractivity contribution in [2.75, 3.05) is 18.5 Å². The molecule has 0 aliphatic rings. The number of aromatic nitrogens is 2. The number of hydrogen-bond acceptors (Lipinski definition) is 4. The molecule has 102 valence electrons. The molecule has 0 aliphatic carbocycles. The molecule has 0 atom stereocenters. The summed E-state index contributed by atoms with van der Waals surface area (Å²) in [6.45, 7) is 5.14. The van der Waals surface area contributed by atoms with E-state index in [2.05, 4.69) is 29.1 Å². The highest BCUT2D eigenvalue weighted by molar-refractivity contribution is 6.31. The first-order valence-corrected chi connectivity index (χ1v) is 6.65. The van der Waals surface area contributed by atoms with Crippen LogP contribution in [0.2, 0.25) is 5.02 Å². The molecule has 2 N–H and O–H groups in total. The van der Waals surface area contributed by atoms with Crippen LogP contribution in [0.25, 0.3) is 10.9 Å². The van der Waals surface area contributed by atoms with E-state index in [1.807, 2.05) is 18.2 Å². The van der Waals surface area contributed by atoms with E-state index in [0.29, 0.717) is 5.02 Å². The summed E-state index contributed by atoms with van der Waals surface area (Å²) in [5.74, 6) is 0.799. The van der Waals surface area contributed by atoms with Crippen molar-refractivity contribution in [3.63, 3.8) is 0 Å². The quantitative estimate of drug-likeness (QED) is 0.883. The van der Waals surface area contributed by atoms with Crippen molar-refractivity contribution >= 4 is 28.3 Å². The molecule has 4 nitrogen and oxygen atoms in total. The van der Waals surface area contributed by atoms with Gasteiger partial charge in [0.25, 0.3) is 0 Å². The van der Waals surface area contributed by atoms with E-state index in [4.69, 9.17) is 16.7 Å². The normalized spacial score (nSPS) is 11.8. The van der Waals surface area contributed by atoms with E-state index in [1.165, 1.54) is 6.33 Å². The molecule has 0 saturated carbocycles. The highest BCUT2D eigenvalue weighted by Crippen LogP contribution is 2.25. The summed E-state index contributed by atoms with van der Waals surface area (Å²) in [5.41, 5.74) is 0.836. The number of hydrogen-bond donors (Lipinski definition) is 2. The summed E-state index contributed by atoms with van der Waals surface area (Å²) in [6.07, 6.45) is 2.27. The van der Waals surface area contributed by atoms with Gasteiger partial charge in [-0.15, -0.1) is 0 Å². The summed E-state index contributed by atoms with van der Waals surface area (Å²) in [4.78, 5) is 8.48. The van der Waals surface area contributed by atoms with Crippen molar-refractivity contribution in [1.82, 2.24) is 9.97 Å². The highest BCUT2D eigenvalue weighted by Gasteiger charge is 2.17. The van der Waals surface area contributed by atoms with Crippen LogP contribution in [0.1, 0.15) is 20.3 Å². The zero-order valence-corrected chi connectivity index (χ0v) is 11.9. The number of nitrogens with one attached hydrogen (secondary N) is 1. The Labute approximate surface area is 117 Å². The number of halogens is 1. The first-order valence-electron chi connectivity index (χ1n) is 6.27. The van der Waals surface area contributed by atoms with Gasteiger partial charge in [-0.1, -0.05) is 25.4 Å². The molecule has 0 amide bonds. The first-order chi connectivity index (χ1) is 9.02. The molecular weight excluding hydrogens is 262 g/mol. The molecule has 0 aliphatic heterocycles. The van der Waals surface area contributed by atoms with Crippen LogP contribution in [0.4, 0.5) is 5.82 Å². The van der Waals surface area contributed by atoms with E-state index in [9.17, 15) is 0 Å². The number of nitrogens with zero attached hydrogens (tertiary/aromatic N) is 2. The summed E-state index contributed by atoms with van der Waals surface area (Å²) < 4.78 is 0. The van der Waals surface area contributed by atoms with Gasteiger partial charge in [-0.3, -0.25) is 0 Å². The van der Waals surface area contributed by atoms with Gasteiger partial charge in [0.2, 0.25) is 0 Å². The topological polar surface area (TPSA) is 58.0 Å². The molecule has 1 aromatic carbocycles. The Kier molecular flexibility index (Phi) is 4.22. The van der Waals surface area contributed by atoms with Gasteiger partial charge in [-0.05, 0) is 30.0 Å². The highest BCUT2D eigenvalue weighted by atomic mass is 35.5. The Morgan fingerprint density at radius 3 is 2.84 bits per heavy atom. The number of rotatable bonds is 5. The molecule has 0 bridgehead atoms. The van der Waals surface area contributed by atoms with E-state index >= 15 is 0 Å². The lowest BCUT2D eigenvalue weighted by molar-refractivity contribution is 0.220. The van der Waals surface area contributed by atoms with Gasteiger partial charge in [0.1, 0.15) is 12.1 Å². The van der Waals surface area contributed by atoms with Gasteiger partial charge in [0.05, 0.1) is 5.52 Å². The van der Waals surface area contributed by atoms with Crippen LogP contribution in [-0.2, 0) is 0 Å². The number of benzene rings is 1. The predicted octanol–water partition coefficient (Wildman–Crippen LogP) is 3.10. The maximum atomic E-state index is 9.03. The molecule has 0 spiro atoms. The Morgan fingerprint density at radius 2 is 2.11 bits per heavy atom. The summed E-state index contributed by atoms with van der Waals surface area (Å²) in [6, 6.07) is 5.57. The lowest BCUT2D eigenvalue weighted by Gasteiger charge is -2.24. The van der Waals surface area contributed by atoms with Crippen molar-refractivity contribution in [3.05, 3.63) is 29.5 Å². The van der Waals surface area contributed by atoms with Gasteiger partial charge in [-0.25, -0.2) is 9.97 Å². The molecule has 0 radical (unpaired) electrons. The van der Waals surface area contributed by atoms with Crippen molar-refractivity contribution in [2.24, 2.45) is 5.41 Å². The Bertz CT molecular complexity index is 572. The van der Waals surface area contributed by atoms with Gasteiger partial charge < -0.3 is 10.4 Å². The minimum absolute atomic E-state index is 0.0123. The third-order valence-electron chi connectivity index (χ3n) is 3.12. The average Bonchev–Trinajstić information content (AvgIpc) is 2.36. The number of anilines is 1. The third-order valence-corrected chi connectivity index (χ3v) is 3.36. The van der Waals surface area contributed by atoms with Gasteiger partial charge >= 0.3 is 0 Å². The third kappa shape index (κ3) is 3.55. The Balaban J connectivity index is 2.21. The maximum absolute atomic E-state index is 9.03. The minimum Gasteiger partial charge on any atom is -0.396 e. The second-order valence-electron chi connectivity index (χ2n) is 5.38. The average molecular weight is 280 g/mol. The molecule has 0 unspecified atom stereocenters. The van der Waals surface area contributed by atoms with Gasteiger partial charge in [-0.2, -0.15) is 0 Å². The van der Waals surface area contributed by atoms with Crippen molar-refractivity contribution in [3.8, 4) is 0 Å². The minimum atomic E-state index is 0.0123. The summed E-state index contributed by atoms with van der Waals surface area (Å²) in [7, 11) is 0. The standard InChI is InChI=1S/C14H18ClN3O/c1-14(2,5-6-19)8-16-13-11-4-3-10(15)7-12(11)17-9-18-13/h3-4,7,9,19H,5-6,8H2,1-2H3,(H,16,17,18). The van der Waals surface area contributed by atoms with Crippen LogP contribution >= 0.6 is 11.6 Å². The van der Waals surface area contributed by atoms with Crippen LogP contribution in [0.15, 0.2) is 24.5 Å². The van der Waals surface area contributed by atoms with Crippen LogP contribution in [0.5, 0.6) is 0 Å².